The van der Waals surface area contributed by atoms with Crippen LogP contribution in [0, 0.1) is 0 Å². The Balaban J connectivity index is 1.34. The van der Waals surface area contributed by atoms with Crippen molar-refractivity contribution >= 4 is 23.2 Å². The van der Waals surface area contributed by atoms with Gasteiger partial charge in [-0.3, -0.25) is 14.5 Å². The summed E-state index contributed by atoms with van der Waals surface area (Å²) in [4.78, 5) is 33.5. The van der Waals surface area contributed by atoms with E-state index in [1.54, 1.807) is 11.3 Å². The Morgan fingerprint density at radius 1 is 1.29 bits per heavy atom. The van der Waals surface area contributed by atoms with Crippen LogP contribution in [0.2, 0.25) is 0 Å². The van der Waals surface area contributed by atoms with E-state index < -0.39 is 0 Å². The lowest BCUT2D eigenvalue weighted by atomic mass is 10.2. The van der Waals surface area contributed by atoms with E-state index in [1.165, 1.54) is 0 Å². The van der Waals surface area contributed by atoms with Crippen molar-refractivity contribution < 1.29 is 14.1 Å². The molecule has 0 aliphatic carbocycles. The summed E-state index contributed by atoms with van der Waals surface area (Å²) in [6.45, 7) is 5.97. The maximum Gasteiger partial charge on any atom is 0.234 e. The number of amides is 2. The molecule has 3 rings (SSSR count). The lowest BCUT2D eigenvalue weighted by Crippen LogP contribution is -2.51. The molecule has 0 spiro atoms. The molecule has 1 aliphatic heterocycles. The van der Waals surface area contributed by atoms with Crippen LogP contribution in [-0.4, -0.2) is 71.0 Å². The van der Waals surface area contributed by atoms with Crippen LogP contribution in [0.3, 0.4) is 0 Å². The van der Waals surface area contributed by atoms with Crippen molar-refractivity contribution in [2.45, 2.75) is 32.6 Å². The van der Waals surface area contributed by atoms with Crippen molar-refractivity contribution in [3.63, 3.8) is 0 Å². The van der Waals surface area contributed by atoms with Gasteiger partial charge in [-0.1, -0.05) is 18.1 Å². The van der Waals surface area contributed by atoms with E-state index in [2.05, 4.69) is 20.4 Å². The van der Waals surface area contributed by atoms with Crippen molar-refractivity contribution in [2.75, 3.05) is 39.3 Å². The van der Waals surface area contributed by atoms with Crippen molar-refractivity contribution in [3.05, 3.63) is 23.4 Å². The zero-order valence-electron chi connectivity index (χ0n) is 16.2. The first-order chi connectivity index (χ1) is 13.7. The molecular weight excluding hydrogens is 378 g/mol. The number of thiophene rings is 1. The second-order valence-electron chi connectivity index (χ2n) is 6.85. The number of piperazine rings is 1. The van der Waals surface area contributed by atoms with Crippen LogP contribution in [0.25, 0.3) is 10.7 Å². The zero-order chi connectivity index (χ0) is 19.8. The van der Waals surface area contributed by atoms with Crippen molar-refractivity contribution in [2.24, 2.45) is 0 Å². The summed E-state index contributed by atoms with van der Waals surface area (Å²) in [5.41, 5.74) is 0. The summed E-state index contributed by atoms with van der Waals surface area (Å²) in [5, 5.41) is 8.85. The summed E-state index contributed by atoms with van der Waals surface area (Å²) < 4.78 is 5.27. The molecule has 3 heterocycles. The first-order valence-corrected chi connectivity index (χ1v) is 10.7. The van der Waals surface area contributed by atoms with E-state index in [9.17, 15) is 9.59 Å². The predicted octanol–water partition coefficient (Wildman–Crippen LogP) is 1.79. The fourth-order valence-electron chi connectivity index (χ4n) is 3.09. The van der Waals surface area contributed by atoms with Gasteiger partial charge < -0.3 is 14.7 Å². The summed E-state index contributed by atoms with van der Waals surface area (Å²) in [5.74, 6) is 1.38. The van der Waals surface area contributed by atoms with E-state index in [-0.39, 0.29) is 11.8 Å². The average Bonchev–Trinajstić information content (AvgIpc) is 3.38. The molecule has 2 amide bonds. The van der Waals surface area contributed by atoms with E-state index >= 15 is 0 Å². The standard InChI is InChI=1S/C19H27N5O3S/c1-2-8-20-16(25)14-23-9-11-24(12-10-23)18(26)7-3-6-17-21-19(22-27-17)15-5-4-13-28-15/h4-5,13H,2-3,6-12,14H2,1H3,(H,20,25). The third-order valence-electron chi connectivity index (χ3n) is 4.66. The fourth-order valence-corrected chi connectivity index (χ4v) is 3.74. The number of hydrogen-bond donors (Lipinski definition) is 1. The minimum absolute atomic E-state index is 0.0584. The lowest BCUT2D eigenvalue weighted by molar-refractivity contribution is -0.133. The summed E-state index contributed by atoms with van der Waals surface area (Å²) in [7, 11) is 0. The molecule has 9 heteroatoms. The number of rotatable bonds is 9. The normalized spacial score (nSPS) is 15.0. The number of hydrogen-bond acceptors (Lipinski definition) is 7. The molecule has 0 radical (unpaired) electrons. The topological polar surface area (TPSA) is 91.6 Å². The van der Waals surface area contributed by atoms with Gasteiger partial charge in [0.25, 0.3) is 0 Å². The molecule has 2 aromatic heterocycles. The summed E-state index contributed by atoms with van der Waals surface area (Å²) in [6, 6.07) is 3.90. The molecule has 1 saturated heterocycles. The summed E-state index contributed by atoms with van der Waals surface area (Å²) >= 11 is 1.57. The van der Waals surface area contributed by atoms with E-state index in [1.807, 2.05) is 29.3 Å². The molecule has 0 saturated carbocycles. The Kier molecular flexibility index (Phi) is 7.55. The number of aromatic nitrogens is 2. The highest BCUT2D eigenvalue weighted by atomic mass is 32.1. The fraction of sp³-hybridized carbons (Fsp3) is 0.579. The maximum absolute atomic E-state index is 12.4. The number of aryl methyl sites for hydroxylation is 1. The highest BCUT2D eigenvalue weighted by Crippen LogP contribution is 2.21. The molecule has 1 N–H and O–H groups in total. The maximum atomic E-state index is 12.4. The van der Waals surface area contributed by atoms with Gasteiger partial charge in [-0.15, -0.1) is 11.3 Å². The average molecular weight is 406 g/mol. The molecule has 0 atom stereocenters. The lowest BCUT2D eigenvalue weighted by Gasteiger charge is -2.34. The van der Waals surface area contributed by atoms with Gasteiger partial charge >= 0.3 is 0 Å². The first kappa shape index (κ1) is 20.5. The van der Waals surface area contributed by atoms with Crippen LogP contribution in [0.1, 0.15) is 32.1 Å². The number of nitrogens with one attached hydrogen (secondary N) is 1. The summed E-state index contributed by atoms with van der Waals surface area (Å²) in [6.07, 6.45) is 2.69. The van der Waals surface area contributed by atoms with E-state index in [4.69, 9.17) is 4.52 Å². The predicted molar refractivity (Wildman–Crippen MR) is 107 cm³/mol. The van der Waals surface area contributed by atoms with Crippen LogP contribution in [0.4, 0.5) is 0 Å². The minimum Gasteiger partial charge on any atom is -0.355 e. The van der Waals surface area contributed by atoms with Crippen molar-refractivity contribution in [3.8, 4) is 10.7 Å². The van der Waals surface area contributed by atoms with E-state index in [0.717, 1.165) is 24.4 Å². The largest absolute Gasteiger partial charge is 0.355 e. The molecule has 0 bridgehead atoms. The molecular formula is C19H27N5O3S. The van der Waals surface area contributed by atoms with Crippen LogP contribution < -0.4 is 5.32 Å². The van der Waals surface area contributed by atoms with Crippen molar-refractivity contribution in [1.82, 2.24) is 25.3 Å². The van der Waals surface area contributed by atoms with Gasteiger partial charge in [0.2, 0.25) is 23.5 Å². The third kappa shape index (κ3) is 5.87. The molecule has 0 aromatic carbocycles. The Hall–Kier alpha value is -2.26. The number of carbonyl (C=O) groups excluding carboxylic acids is 2. The van der Waals surface area contributed by atoms with Gasteiger partial charge in [0, 0.05) is 45.6 Å². The first-order valence-electron chi connectivity index (χ1n) is 9.79. The highest BCUT2D eigenvalue weighted by molar-refractivity contribution is 7.13. The number of carbonyl (C=O) groups is 2. The van der Waals surface area contributed by atoms with Gasteiger partial charge in [-0.05, 0) is 24.3 Å². The Labute approximate surface area is 168 Å². The van der Waals surface area contributed by atoms with Gasteiger partial charge in [-0.25, -0.2) is 0 Å². The Morgan fingerprint density at radius 3 is 2.82 bits per heavy atom. The van der Waals surface area contributed by atoms with Gasteiger partial charge in [0.05, 0.1) is 11.4 Å². The molecule has 28 heavy (non-hydrogen) atoms. The van der Waals surface area contributed by atoms with Crippen LogP contribution in [-0.2, 0) is 16.0 Å². The van der Waals surface area contributed by atoms with Crippen LogP contribution >= 0.6 is 11.3 Å². The second kappa shape index (κ2) is 10.3. The molecule has 2 aromatic rings. The van der Waals surface area contributed by atoms with Gasteiger partial charge in [-0.2, -0.15) is 4.98 Å². The quantitative estimate of drug-likeness (QED) is 0.684. The SMILES string of the molecule is CCCNC(=O)CN1CCN(C(=O)CCCc2nc(-c3cccs3)no2)CC1. The molecule has 1 aliphatic rings. The monoisotopic (exact) mass is 405 g/mol. The zero-order valence-corrected chi connectivity index (χ0v) is 17.0. The minimum atomic E-state index is 0.0584. The molecule has 152 valence electrons. The Morgan fingerprint density at radius 2 is 2.11 bits per heavy atom. The van der Waals surface area contributed by atoms with Crippen LogP contribution in [0.5, 0.6) is 0 Å². The number of nitrogens with zero attached hydrogens (tertiary/aromatic N) is 4. The van der Waals surface area contributed by atoms with Gasteiger partial charge in [0.15, 0.2) is 0 Å². The second-order valence-corrected chi connectivity index (χ2v) is 7.80. The van der Waals surface area contributed by atoms with Gasteiger partial charge in [0.1, 0.15) is 0 Å². The highest BCUT2D eigenvalue weighted by Gasteiger charge is 2.22. The smallest absolute Gasteiger partial charge is 0.234 e. The molecule has 1 fully saturated rings. The third-order valence-corrected chi connectivity index (χ3v) is 5.52. The Bertz CT molecular complexity index is 753. The molecule has 0 unspecified atom stereocenters. The van der Waals surface area contributed by atoms with Crippen molar-refractivity contribution in [1.29, 1.82) is 0 Å². The van der Waals surface area contributed by atoms with E-state index in [0.29, 0.717) is 57.2 Å². The molecule has 8 nitrogen and oxygen atoms in total. The van der Waals surface area contributed by atoms with Crippen LogP contribution in [0.15, 0.2) is 22.0 Å².